The quantitative estimate of drug-likeness (QED) is 0.331. The molecule has 30 heavy (non-hydrogen) atoms. The molecular weight excluding hydrogens is 513 g/mol. The van der Waals surface area contributed by atoms with Gasteiger partial charge in [0.25, 0.3) is 5.91 Å². The van der Waals surface area contributed by atoms with E-state index in [9.17, 15) is 4.79 Å². The molecular formula is C20H30IN7OS. The average Bonchev–Trinajstić information content (AvgIpc) is 3.24. The van der Waals surface area contributed by atoms with Gasteiger partial charge >= 0.3 is 0 Å². The van der Waals surface area contributed by atoms with E-state index in [0.717, 1.165) is 55.1 Å². The number of carbonyl (C=O) groups is 1. The second-order valence-corrected chi connectivity index (χ2v) is 7.51. The van der Waals surface area contributed by atoms with E-state index in [0.29, 0.717) is 18.7 Å². The number of aromatic nitrogens is 2. The van der Waals surface area contributed by atoms with Crippen molar-refractivity contribution < 1.29 is 4.79 Å². The summed E-state index contributed by atoms with van der Waals surface area (Å²) in [5.41, 5.74) is 1.79. The molecule has 0 spiro atoms. The highest BCUT2D eigenvalue weighted by molar-refractivity contribution is 14.0. The first-order valence-electron chi connectivity index (χ1n) is 10.0. The van der Waals surface area contributed by atoms with Crippen LogP contribution in [-0.4, -0.2) is 65.9 Å². The topological polar surface area (TPSA) is 85.8 Å². The van der Waals surface area contributed by atoms with Crippen LogP contribution < -0.4 is 15.5 Å². The number of hydrogen-bond acceptors (Lipinski definition) is 6. The maximum atomic E-state index is 11.9. The van der Waals surface area contributed by atoms with Gasteiger partial charge in [-0.25, -0.2) is 4.98 Å². The summed E-state index contributed by atoms with van der Waals surface area (Å²) in [4.78, 5) is 25.4. The molecule has 164 valence electrons. The molecule has 2 N–H and O–H groups in total. The Kier molecular flexibility index (Phi) is 9.76. The number of aliphatic imine (C=N–C) groups is 1. The van der Waals surface area contributed by atoms with Gasteiger partial charge in [-0.2, -0.15) is 4.37 Å². The van der Waals surface area contributed by atoms with E-state index in [1.54, 1.807) is 0 Å². The molecule has 0 radical (unpaired) electrons. The Morgan fingerprint density at radius 2 is 1.83 bits per heavy atom. The normalized spacial score (nSPS) is 14.3. The van der Waals surface area contributed by atoms with Crippen LogP contribution in [0.1, 0.15) is 35.6 Å². The van der Waals surface area contributed by atoms with Gasteiger partial charge in [-0.15, -0.1) is 24.0 Å². The van der Waals surface area contributed by atoms with Crippen LogP contribution in [-0.2, 0) is 13.0 Å². The van der Waals surface area contributed by atoms with Gasteiger partial charge in [-0.3, -0.25) is 9.79 Å². The largest absolute Gasteiger partial charge is 0.352 e. The monoisotopic (exact) mass is 543 g/mol. The second kappa shape index (κ2) is 12.0. The minimum Gasteiger partial charge on any atom is -0.352 e. The number of anilines is 1. The van der Waals surface area contributed by atoms with Gasteiger partial charge in [0.15, 0.2) is 5.96 Å². The van der Waals surface area contributed by atoms with Gasteiger partial charge in [-0.1, -0.05) is 19.1 Å². The fourth-order valence-corrected chi connectivity index (χ4v) is 3.98. The maximum Gasteiger partial charge on any atom is 0.251 e. The highest BCUT2D eigenvalue weighted by Gasteiger charge is 2.22. The molecule has 1 fully saturated rings. The van der Waals surface area contributed by atoms with Crippen LogP contribution in [0.5, 0.6) is 0 Å². The number of halogens is 1. The first-order chi connectivity index (χ1) is 14.1. The van der Waals surface area contributed by atoms with E-state index in [4.69, 9.17) is 0 Å². The summed E-state index contributed by atoms with van der Waals surface area (Å²) in [5.74, 6) is 1.77. The SMILES string of the molecule is CCNC(=O)c1ccc(CNC(=NC)N2CCN(c3nc(CC)ns3)CC2)cc1.I. The number of piperazine rings is 1. The van der Waals surface area contributed by atoms with E-state index in [1.807, 2.05) is 38.2 Å². The number of benzene rings is 1. The van der Waals surface area contributed by atoms with E-state index in [2.05, 4.69) is 41.7 Å². The van der Waals surface area contributed by atoms with Crippen molar-refractivity contribution in [2.75, 3.05) is 44.7 Å². The predicted octanol–water partition coefficient (Wildman–Crippen LogP) is 2.37. The first-order valence-corrected chi connectivity index (χ1v) is 10.8. The van der Waals surface area contributed by atoms with Crippen molar-refractivity contribution in [3.05, 3.63) is 41.2 Å². The summed E-state index contributed by atoms with van der Waals surface area (Å²) in [7, 11) is 1.81. The summed E-state index contributed by atoms with van der Waals surface area (Å²) in [6.07, 6.45) is 0.872. The average molecular weight is 543 g/mol. The fourth-order valence-electron chi connectivity index (χ4n) is 3.18. The maximum absolute atomic E-state index is 11.9. The Morgan fingerprint density at radius 1 is 1.13 bits per heavy atom. The van der Waals surface area contributed by atoms with Crippen molar-refractivity contribution in [1.29, 1.82) is 0 Å². The second-order valence-electron chi connectivity index (χ2n) is 6.78. The van der Waals surface area contributed by atoms with Gasteiger partial charge in [-0.05, 0) is 24.6 Å². The molecule has 10 heteroatoms. The molecule has 0 unspecified atom stereocenters. The summed E-state index contributed by atoms with van der Waals surface area (Å²) >= 11 is 1.48. The van der Waals surface area contributed by atoms with Crippen molar-refractivity contribution in [2.45, 2.75) is 26.8 Å². The summed E-state index contributed by atoms with van der Waals surface area (Å²) in [6, 6.07) is 7.67. The number of aryl methyl sites for hydroxylation is 1. The molecule has 3 rings (SSSR count). The van der Waals surface area contributed by atoms with Crippen molar-refractivity contribution >= 4 is 52.5 Å². The van der Waals surface area contributed by atoms with Crippen molar-refractivity contribution in [3.8, 4) is 0 Å². The highest BCUT2D eigenvalue weighted by atomic mass is 127. The number of nitrogens with zero attached hydrogens (tertiary/aromatic N) is 5. The first kappa shape index (κ1) is 24.3. The van der Waals surface area contributed by atoms with Crippen LogP contribution in [0.4, 0.5) is 5.13 Å². The Bertz CT molecular complexity index is 832. The van der Waals surface area contributed by atoms with Crippen LogP contribution >= 0.6 is 35.5 Å². The van der Waals surface area contributed by atoms with Crippen molar-refractivity contribution in [3.63, 3.8) is 0 Å². The summed E-state index contributed by atoms with van der Waals surface area (Å²) < 4.78 is 4.38. The Balaban J connectivity index is 0.00000320. The summed E-state index contributed by atoms with van der Waals surface area (Å²) in [5, 5.41) is 7.25. The Morgan fingerprint density at radius 3 is 2.40 bits per heavy atom. The number of amides is 1. The lowest BCUT2D eigenvalue weighted by molar-refractivity contribution is 0.0956. The van der Waals surface area contributed by atoms with Crippen molar-refractivity contribution in [2.24, 2.45) is 4.99 Å². The van der Waals surface area contributed by atoms with Gasteiger partial charge < -0.3 is 20.4 Å². The predicted molar refractivity (Wildman–Crippen MR) is 133 cm³/mol. The molecule has 1 amide bonds. The van der Waals surface area contributed by atoms with Crippen LogP contribution in [0, 0.1) is 0 Å². The van der Waals surface area contributed by atoms with Gasteiger partial charge in [0.05, 0.1) is 0 Å². The third kappa shape index (κ3) is 6.27. The van der Waals surface area contributed by atoms with Crippen LogP contribution in [0.3, 0.4) is 0 Å². The molecule has 1 aromatic heterocycles. The molecule has 0 saturated carbocycles. The molecule has 1 aromatic carbocycles. The van der Waals surface area contributed by atoms with Crippen LogP contribution in [0.15, 0.2) is 29.3 Å². The third-order valence-corrected chi connectivity index (χ3v) is 5.65. The molecule has 8 nitrogen and oxygen atoms in total. The molecule has 1 aliphatic heterocycles. The number of carbonyl (C=O) groups excluding carboxylic acids is 1. The number of hydrogen-bond donors (Lipinski definition) is 2. The van der Waals surface area contributed by atoms with E-state index >= 15 is 0 Å². The standard InChI is InChI=1S/C20H29N7OS.HI/c1-4-17-24-20(29-25-17)27-12-10-26(11-13-27)19(21-3)23-14-15-6-8-16(9-7-15)18(28)22-5-2;/h6-9H,4-5,10-14H2,1-3H3,(H,21,23)(H,22,28);1H. The highest BCUT2D eigenvalue weighted by Crippen LogP contribution is 2.19. The molecule has 0 aliphatic carbocycles. The Labute approximate surface area is 199 Å². The van der Waals surface area contributed by atoms with Crippen LogP contribution in [0.2, 0.25) is 0 Å². The molecule has 2 aromatic rings. The molecule has 1 aliphatic rings. The van der Waals surface area contributed by atoms with E-state index in [-0.39, 0.29) is 29.9 Å². The third-order valence-electron chi connectivity index (χ3n) is 4.84. The smallest absolute Gasteiger partial charge is 0.251 e. The van der Waals surface area contributed by atoms with E-state index < -0.39 is 0 Å². The zero-order chi connectivity index (χ0) is 20.6. The zero-order valence-electron chi connectivity index (χ0n) is 17.7. The lowest BCUT2D eigenvalue weighted by Gasteiger charge is -2.36. The molecule has 2 heterocycles. The molecule has 1 saturated heterocycles. The number of nitrogens with one attached hydrogen (secondary N) is 2. The van der Waals surface area contributed by atoms with Gasteiger partial charge in [0.1, 0.15) is 5.82 Å². The summed E-state index contributed by atoms with van der Waals surface area (Å²) in [6.45, 7) is 8.86. The zero-order valence-corrected chi connectivity index (χ0v) is 20.9. The van der Waals surface area contributed by atoms with Gasteiger partial charge in [0.2, 0.25) is 5.13 Å². The van der Waals surface area contributed by atoms with E-state index in [1.165, 1.54) is 11.5 Å². The van der Waals surface area contributed by atoms with Crippen molar-refractivity contribution in [1.82, 2.24) is 24.9 Å². The lowest BCUT2D eigenvalue weighted by Crippen LogP contribution is -2.52. The van der Waals surface area contributed by atoms with Gasteiger partial charge in [0, 0.05) is 69.8 Å². The molecule has 0 atom stereocenters. The Hall–Kier alpha value is -1.95. The van der Waals surface area contributed by atoms with Crippen LogP contribution in [0.25, 0.3) is 0 Å². The number of guanidine groups is 1. The lowest BCUT2D eigenvalue weighted by atomic mass is 10.1. The minimum absolute atomic E-state index is 0. The number of rotatable bonds is 6. The fraction of sp³-hybridized carbons (Fsp3) is 0.500. The minimum atomic E-state index is -0.0397. The molecule has 0 bridgehead atoms.